The van der Waals surface area contributed by atoms with Crippen LogP contribution in [0.5, 0.6) is 0 Å². The van der Waals surface area contributed by atoms with E-state index in [1.165, 1.54) is 7.11 Å². The molecule has 2 aromatic rings. The summed E-state index contributed by atoms with van der Waals surface area (Å²) in [5.74, 6) is -0.661. The first-order valence-electron chi connectivity index (χ1n) is 7.36. The fraction of sp³-hybridized carbons (Fsp3) is 0.167. The zero-order valence-electron chi connectivity index (χ0n) is 13.2. The van der Waals surface area contributed by atoms with E-state index >= 15 is 0 Å². The van der Waals surface area contributed by atoms with Crippen LogP contribution in [0.3, 0.4) is 0 Å². The van der Waals surface area contributed by atoms with Crippen LogP contribution in [0.2, 0.25) is 0 Å². The zero-order chi connectivity index (χ0) is 17.4. The summed E-state index contributed by atoms with van der Waals surface area (Å²) >= 11 is 0. The number of rotatable bonds is 6. The Bertz CT molecular complexity index is 781. The van der Waals surface area contributed by atoms with Crippen LogP contribution in [0.15, 0.2) is 48.5 Å². The Hall–Kier alpha value is -3.33. The fourth-order valence-corrected chi connectivity index (χ4v) is 2.14. The minimum absolute atomic E-state index is 0.190. The first-order valence-corrected chi connectivity index (χ1v) is 7.36. The maximum Gasteiger partial charge on any atom is 0.339 e. The second kappa shape index (κ2) is 8.34. The van der Waals surface area contributed by atoms with E-state index in [9.17, 15) is 9.59 Å². The van der Waals surface area contributed by atoms with Gasteiger partial charge in [0.1, 0.15) is 6.07 Å². The number of carbonyl (C=O) groups excluding carboxylic acids is 2. The number of esters is 1. The maximum absolute atomic E-state index is 12.0. The van der Waals surface area contributed by atoms with Crippen LogP contribution >= 0.6 is 0 Å². The lowest BCUT2D eigenvalue weighted by molar-refractivity contribution is -0.115. The van der Waals surface area contributed by atoms with Gasteiger partial charge in [0.15, 0.2) is 0 Å². The van der Waals surface area contributed by atoms with Crippen molar-refractivity contribution in [2.75, 3.05) is 24.3 Å². The minimum atomic E-state index is -0.439. The molecule has 0 radical (unpaired) electrons. The predicted molar refractivity (Wildman–Crippen MR) is 90.7 cm³/mol. The molecule has 0 heterocycles. The lowest BCUT2D eigenvalue weighted by atomic mass is 10.1. The van der Waals surface area contributed by atoms with Gasteiger partial charge in [-0.3, -0.25) is 4.79 Å². The third-order valence-corrected chi connectivity index (χ3v) is 3.32. The summed E-state index contributed by atoms with van der Waals surface area (Å²) in [6.45, 7) is 0.342. The van der Waals surface area contributed by atoms with Gasteiger partial charge in [0.2, 0.25) is 5.91 Å². The first kappa shape index (κ1) is 17.0. The molecule has 0 saturated carbocycles. The Labute approximate surface area is 140 Å². The molecule has 24 heavy (non-hydrogen) atoms. The normalized spacial score (nSPS) is 9.67. The Balaban J connectivity index is 1.92. The number of nitriles is 1. The molecule has 1 amide bonds. The van der Waals surface area contributed by atoms with E-state index in [0.717, 1.165) is 0 Å². The maximum atomic E-state index is 12.0. The van der Waals surface area contributed by atoms with Crippen molar-refractivity contribution in [1.29, 1.82) is 5.26 Å². The number of hydrogen-bond acceptors (Lipinski definition) is 5. The Morgan fingerprint density at radius 3 is 2.46 bits per heavy atom. The van der Waals surface area contributed by atoms with E-state index in [4.69, 9.17) is 10.00 Å². The van der Waals surface area contributed by atoms with Gasteiger partial charge in [-0.25, -0.2) is 4.79 Å². The highest BCUT2D eigenvalue weighted by molar-refractivity contribution is 5.96. The van der Waals surface area contributed by atoms with Gasteiger partial charge in [0.25, 0.3) is 0 Å². The van der Waals surface area contributed by atoms with Crippen LogP contribution in [0.1, 0.15) is 22.3 Å². The number of amides is 1. The van der Waals surface area contributed by atoms with Crippen molar-refractivity contribution in [2.45, 2.75) is 6.42 Å². The van der Waals surface area contributed by atoms with Gasteiger partial charge in [-0.05, 0) is 24.3 Å². The smallest absolute Gasteiger partial charge is 0.339 e. The first-order chi connectivity index (χ1) is 11.7. The van der Waals surface area contributed by atoms with Crippen LogP contribution in [-0.4, -0.2) is 25.5 Å². The van der Waals surface area contributed by atoms with Gasteiger partial charge < -0.3 is 15.4 Å². The van der Waals surface area contributed by atoms with Gasteiger partial charge in [0, 0.05) is 18.7 Å². The standard InChI is InChI=1S/C18H17N3O3/c1-24-18(23)14-7-3-5-9-16(14)20-11-10-17(22)21-15-8-4-2-6-13(15)12-19/h2-9,20H,10-11H2,1H3,(H,21,22). The lowest BCUT2D eigenvalue weighted by Crippen LogP contribution is -2.17. The van der Waals surface area contributed by atoms with Crippen molar-refractivity contribution < 1.29 is 14.3 Å². The van der Waals surface area contributed by atoms with Crippen molar-refractivity contribution in [3.05, 3.63) is 59.7 Å². The number of hydrogen-bond donors (Lipinski definition) is 2. The van der Waals surface area contributed by atoms with E-state index in [2.05, 4.69) is 10.6 Å². The lowest BCUT2D eigenvalue weighted by Gasteiger charge is -2.11. The van der Waals surface area contributed by atoms with E-state index in [1.54, 1.807) is 48.5 Å². The third-order valence-electron chi connectivity index (χ3n) is 3.32. The molecule has 2 rings (SSSR count). The Morgan fingerprint density at radius 2 is 1.75 bits per heavy atom. The molecule has 0 aliphatic heterocycles. The molecule has 0 fully saturated rings. The Kier molecular flexibility index (Phi) is 5.92. The van der Waals surface area contributed by atoms with E-state index < -0.39 is 5.97 Å². The molecule has 0 aromatic heterocycles. The van der Waals surface area contributed by atoms with Crippen LogP contribution in [0, 0.1) is 11.3 Å². The summed E-state index contributed by atoms with van der Waals surface area (Å²) < 4.78 is 4.72. The van der Waals surface area contributed by atoms with Gasteiger partial charge in [-0.2, -0.15) is 5.26 Å². The number of anilines is 2. The van der Waals surface area contributed by atoms with Crippen molar-refractivity contribution in [1.82, 2.24) is 0 Å². The fourth-order valence-electron chi connectivity index (χ4n) is 2.14. The summed E-state index contributed by atoms with van der Waals surface area (Å²) in [5.41, 5.74) is 1.92. The highest BCUT2D eigenvalue weighted by Crippen LogP contribution is 2.16. The SMILES string of the molecule is COC(=O)c1ccccc1NCCC(=O)Nc1ccccc1C#N. The molecular weight excluding hydrogens is 306 g/mol. The summed E-state index contributed by atoms with van der Waals surface area (Å²) in [7, 11) is 1.32. The summed E-state index contributed by atoms with van der Waals surface area (Å²) in [5, 5.41) is 14.8. The molecule has 0 bridgehead atoms. The molecule has 6 heteroatoms. The molecule has 0 aliphatic rings. The average molecular weight is 323 g/mol. The number of benzene rings is 2. The molecule has 0 aliphatic carbocycles. The highest BCUT2D eigenvalue weighted by Gasteiger charge is 2.11. The number of nitrogens with zero attached hydrogens (tertiary/aromatic N) is 1. The number of methoxy groups -OCH3 is 1. The monoisotopic (exact) mass is 323 g/mol. The summed E-state index contributed by atoms with van der Waals surface area (Å²) in [4.78, 5) is 23.7. The zero-order valence-corrected chi connectivity index (χ0v) is 13.2. The molecule has 122 valence electrons. The molecule has 0 spiro atoms. The highest BCUT2D eigenvalue weighted by atomic mass is 16.5. The van der Waals surface area contributed by atoms with E-state index in [0.29, 0.717) is 29.0 Å². The van der Waals surface area contributed by atoms with Crippen LogP contribution < -0.4 is 10.6 Å². The Morgan fingerprint density at radius 1 is 1.08 bits per heavy atom. The number of nitrogens with one attached hydrogen (secondary N) is 2. The third kappa shape index (κ3) is 4.34. The molecule has 2 aromatic carbocycles. The molecule has 2 N–H and O–H groups in total. The molecule has 0 unspecified atom stereocenters. The van der Waals surface area contributed by atoms with Crippen LogP contribution in [-0.2, 0) is 9.53 Å². The van der Waals surface area contributed by atoms with Gasteiger partial charge in [-0.1, -0.05) is 24.3 Å². The molecule has 6 nitrogen and oxygen atoms in total. The van der Waals surface area contributed by atoms with Gasteiger partial charge in [-0.15, -0.1) is 0 Å². The van der Waals surface area contributed by atoms with Gasteiger partial charge >= 0.3 is 5.97 Å². The molecular formula is C18H17N3O3. The number of ether oxygens (including phenoxy) is 1. The van der Waals surface area contributed by atoms with E-state index in [1.807, 2.05) is 6.07 Å². The second-order valence-electron chi connectivity index (χ2n) is 4.92. The molecule has 0 saturated heterocycles. The van der Waals surface area contributed by atoms with E-state index in [-0.39, 0.29) is 12.3 Å². The summed E-state index contributed by atoms with van der Waals surface area (Å²) in [6, 6.07) is 15.8. The van der Waals surface area contributed by atoms with Crippen molar-refractivity contribution >= 4 is 23.3 Å². The van der Waals surface area contributed by atoms with Crippen molar-refractivity contribution in [3.63, 3.8) is 0 Å². The van der Waals surface area contributed by atoms with Crippen LogP contribution in [0.25, 0.3) is 0 Å². The predicted octanol–water partition coefficient (Wildman–Crippen LogP) is 2.79. The minimum Gasteiger partial charge on any atom is -0.465 e. The number of carbonyl (C=O) groups is 2. The van der Waals surface area contributed by atoms with Crippen molar-refractivity contribution in [3.8, 4) is 6.07 Å². The topological polar surface area (TPSA) is 91.2 Å². The largest absolute Gasteiger partial charge is 0.465 e. The molecule has 0 atom stereocenters. The summed E-state index contributed by atoms with van der Waals surface area (Å²) in [6.07, 6.45) is 0.190. The quantitative estimate of drug-likeness (QED) is 0.798. The van der Waals surface area contributed by atoms with Crippen molar-refractivity contribution in [2.24, 2.45) is 0 Å². The van der Waals surface area contributed by atoms with Crippen LogP contribution in [0.4, 0.5) is 11.4 Å². The second-order valence-corrected chi connectivity index (χ2v) is 4.92. The number of para-hydroxylation sites is 2. The average Bonchev–Trinajstić information content (AvgIpc) is 2.62. The van der Waals surface area contributed by atoms with Gasteiger partial charge in [0.05, 0.1) is 23.9 Å².